The van der Waals surface area contributed by atoms with Crippen LogP contribution >= 0.6 is 12.2 Å². The van der Waals surface area contributed by atoms with Crippen LogP contribution in [0.15, 0.2) is 53.3 Å². The number of anilines is 1. The van der Waals surface area contributed by atoms with Gasteiger partial charge < -0.3 is 14.8 Å². The average Bonchev–Trinajstić information content (AvgIpc) is 2.81. The van der Waals surface area contributed by atoms with Crippen molar-refractivity contribution >= 4 is 34.7 Å². The van der Waals surface area contributed by atoms with Crippen molar-refractivity contribution in [1.29, 1.82) is 0 Å². The Balaban J connectivity index is 1.32. The van der Waals surface area contributed by atoms with Crippen LogP contribution in [0.4, 0.5) is 18.9 Å². The van der Waals surface area contributed by atoms with Crippen LogP contribution in [0.1, 0.15) is 18.4 Å². The van der Waals surface area contributed by atoms with E-state index < -0.39 is 11.7 Å². The van der Waals surface area contributed by atoms with Crippen molar-refractivity contribution in [1.82, 2.24) is 14.5 Å². The van der Waals surface area contributed by atoms with E-state index in [1.165, 1.54) is 10.6 Å². The molecule has 1 aliphatic rings. The van der Waals surface area contributed by atoms with E-state index in [4.69, 9.17) is 12.2 Å². The van der Waals surface area contributed by atoms with Gasteiger partial charge in [-0.05, 0) is 49.0 Å². The Morgan fingerprint density at radius 2 is 1.76 bits per heavy atom. The molecular weight excluding hydrogens is 453 g/mol. The summed E-state index contributed by atoms with van der Waals surface area (Å²) in [7, 11) is 0. The maximum atomic E-state index is 13.0. The van der Waals surface area contributed by atoms with Gasteiger partial charge in [-0.1, -0.05) is 18.2 Å². The van der Waals surface area contributed by atoms with Gasteiger partial charge in [-0.3, -0.25) is 14.2 Å². The molecule has 0 bridgehead atoms. The summed E-state index contributed by atoms with van der Waals surface area (Å²) in [6.45, 7) is 2.12. The van der Waals surface area contributed by atoms with Crippen LogP contribution in [-0.4, -0.2) is 46.5 Å². The van der Waals surface area contributed by atoms with Crippen LogP contribution in [0, 0.1) is 4.77 Å². The van der Waals surface area contributed by atoms with Gasteiger partial charge in [-0.15, -0.1) is 0 Å². The van der Waals surface area contributed by atoms with Crippen LogP contribution in [0.5, 0.6) is 0 Å². The van der Waals surface area contributed by atoms with E-state index in [2.05, 4.69) is 4.98 Å². The summed E-state index contributed by atoms with van der Waals surface area (Å²) in [5.74, 6) is -0.0394. The third-order valence-electron chi connectivity index (χ3n) is 5.83. The Morgan fingerprint density at radius 1 is 1.03 bits per heavy atom. The first-order valence-corrected chi connectivity index (χ1v) is 11.1. The Labute approximate surface area is 193 Å². The quantitative estimate of drug-likeness (QED) is 0.561. The van der Waals surface area contributed by atoms with Crippen molar-refractivity contribution in [3.63, 3.8) is 0 Å². The second kappa shape index (κ2) is 9.38. The molecule has 2 aromatic carbocycles. The molecule has 0 spiro atoms. The maximum absolute atomic E-state index is 13.0. The van der Waals surface area contributed by atoms with Crippen molar-refractivity contribution in [3.8, 4) is 0 Å². The summed E-state index contributed by atoms with van der Waals surface area (Å²) < 4.78 is 40.7. The number of aromatic amines is 1. The van der Waals surface area contributed by atoms with E-state index in [9.17, 15) is 22.8 Å². The van der Waals surface area contributed by atoms with E-state index in [0.29, 0.717) is 60.5 Å². The third-order valence-corrected chi connectivity index (χ3v) is 6.16. The molecule has 1 aliphatic heterocycles. The number of carbonyl (C=O) groups is 1. The molecule has 3 aromatic rings. The Bertz CT molecular complexity index is 1280. The van der Waals surface area contributed by atoms with Gasteiger partial charge in [-0.25, -0.2) is 0 Å². The number of hydrogen-bond acceptors (Lipinski definition) is 4. The number of carbonyl (C=O) groups excluding carboxylic acids is 1. The van der Waals surface area contributed by atoms with Gasteiger partial charge in [0.25, 0.3) is 5.56 Å². The number of nitrogens with one attached hydrogen (secondary N) is 1. The molecule has 174 valence electrons. The summed E-state index contributed by atoms with van der Waals surface area (Å²) in [6, 6.07) is 12.4. The van der Waals surface area contributed by atoms with Gasteiger partial charge in [0, 0.05) is 44.8 Å². The first-order valence-electron chi connectivity index (χ1n) is 10.7. The van der Waals surface area contributed by atoms with Gasteiger partial charge in [0.15, 0.2) is 4.77 Å². The molecule has 4 rings (SSSR count). The molecule has 1 aromatic heterocycles. The molecule has 1 amide bonds. The largest absolute Gasteiger partial charge is 0.416 e. The zero-order valence-corrected chi connectivity index (χ0v) is 18.6. The summed E-state index contributed by atoms with van der Waals surface area (Å²) in [5.41, 5.74) is 0.317. The number of hydrogen-bond donors (Lipinski definition) is 1. The molecule has 0 atom stereocenters. The molecule has 1 fully saturated rings. The zero-order chi connectivity index (χ0) is 23.6. The predicted octanol–water partition coefficient (Wildman–Crippen LogP) is 4.21. The lowest BCUT2D eigenvalue weighted by molar-refractivity contribution is -0.137. The number of alkyl halides is 3. The summed E-state index contributed by atoms with van der Waals surface area (Å²) >= 11 is 5.30. The third kappa shape index (κ3) is 5.11. The van der Waals surface area contributed by atoms with Crippen molar-refractivity contribution in [2.75, 3.05) is 31.1 Å². The van der Waals surface area contributed by atoms with Crippen LogP contribution in [0.3, 0.4) is 0 Å². The van der Waals surface area contributed by atoms with E-state index >= 15 is 0 Å². The molecule has 0 unspecified atom stereocenters. The number of H-pyrrole nitrogens is 1. The first-order chi connectivity index (χ1) is 15.7. The lowest BCUT2D eigenvalue weighted by Crippen LogP contribution is -2.48. The number of nitrogens with zero attached hydrogens (tertiary/aromatic N) is 3. The number of rotatable bonds is 5. The number of benzene rings is 2. The highest BCUT2D eigenvalue weighted by Crippen LogP contribution is 2.31. The fourth-order valence-electron chi connectivity index (χ4n) is 4.04. The molecule has 33 heavy (non-hydrogen) atoms. The topological polar surface area (TPSA) is 61.3 Å². The lowest BCUT2D eigenvalue weighted by atomic mass is 10.1. The van der Waals surface area contributed by atoms with Gasteiger partial charge >= 0.3 is 6.18 Å². The number of halogens is 3. The fourth-order valence-corrected chi connectivity index (χ4v) is 4.33. The monoisotopic (exact) mass is 476 g/mol. The highest BCUT2D eigenvalue weighted by Gasteiger charge is 2.31. The highest BCUT2D eigenvalue weighted by molar-refractivity contribution is 7.71. The van der Waals surface area contributed by atoms with Crippen molar-refractivity contribution < 1.29 is 18.0 Å². The maximum Gasteiger partial charge on any atom is 0.416 e. The van der Waals surface area contributed by atoms with E-state index in [1.54, 1.807) is 29.2 Å². The number of aromatic nitrogens is 2. The Kier molecular flexibility index (Phi) is 6.55. The van der Waals surface area contributed by atoms with Gasteiger partial charge in [0.05, 0.1) is 16.5 Å². The molecule has 0 saturated carbocycles. The summed E-state index contributed by atoms with van der Waals surface area (Å²) in [4.78, 5) is 31.9. The fraction of sp³-hybridized carbons (Fsp3) is 0.348. The molecule has 10 heteroatoms. The van der Waals surface area contributed by atoms with Crippen molar-refractivity contribution in [3.05, 3.63) is 69.2 Å². The predicted molar refractivity (Wildman–Crippen MR) is 123 cm³/mol. The first kappa shape index (κ1) is 23.0. The van der Waals surface area contributed by atoms with Gasteiger partial charge in [-0.2, -0.15) is 13.2 Å². The molecule has 1 N–H and O–H groups in total. The highest BCUT2D eigenvalue weighted by atomic mass is 32.1. The Morgan fingerprint density at radius 3 is 2.48 bits per heavy atom. The van der Waals surface area contributed by atoms with Gasteiger partial charge in [0.1, 0.15) is 0 Å². The lowest BCUT2D eigenvalue weighted by Gasteiger charge is -2.36. The van der Waals surface area contributed by atoms with Crippen LogP contribution in [-0.2, 0) is 17.5 Å². The average molecular weight is 477 g/mol. The number of fused-ring (bicyclic) bond motifs is 1. The molecule has 6 nitrogen and oxygen atoms in total. The number of amides is 1. The zero-order valence-electron chi connectivity index (χ0n) is 17.8. The van der Waals surface area contributed by atoms with E-state index in [0.717, 1.165) is 12.1 Å². The summed E-state index contributed by atoms with van der Waals surface area (Å²) in [5, 5.41) is 0.545. The number of para-hydroxylation sites is 1. The molecule has 2 heterocycles. The van der Waals surface area contributed by atoms with Crippen LogP contribution in [0.25, 0.3) is 10.9 Å². The van der Waals surface area contributed by atoms with E-state index in [1.807, 2.05) is 11.0 Å². The minimum Gasteiger partial charge on any atom is -0.368 e. The number of piperazine rings is 1. The molecule has 0 radical (unpaired) electrons. The van der Waals surface area contributed by atoms with Crippen LogP contribution in [0.2, 0.25) is 0 Å². The van der Waals surface area contributed by atoms with E-state index in [-0.39, 0.29) is 17.9 Å². The standard InChI is InChI=1S/C23H23F3N4O2S/c24-23(25,26)16-5-3-6-17(15-16)28-11-13-29(14-12-28)20(31)9-4-10-30-21(32)18-7-1-2-8-19(18)27-22(30)33/h1-3,5-8,15H,4,9-14H2,(H,27,33). The van der Waals surface area contributed by atoms with Gasteiger partial charge in [0.2, 0.25) is 5.91 Å². The minimum atomic E-state index is -4.39. The van der Waals surface area contributed by atoms with Crippen molar-refractivity contribution in [2.45, 2.75) is 25.6 Å². The minimum absolute atomic E-state index is 0.0394. The second-order valence-electron chi connectivity index (χ2n) is 7.95. The van der Waals surface area contributed by atoms with Crippen molar-refractivity contribution in [2.24, 2.45) is 0 Å². The smallest absolute Gasteiger partial charge is 0.368 e. The summed E-state index contributed by atoms with van der Waals surface area (Å²) in [6.07, 6.45) is -3.66. The van der Waals surface area contributed by atoms with Crippen LogP contribution < -0.4 is 10.5 Å². The normalized spacial score (nSPS) is 14.6. The Hall–Kier alpha value is -3.14. The molecule has 1 saturated heterocycles. The molecule has 0 aliphatic carbocycles. The second-order valence-corrected chi connectivity index (χ2v) is 8.34. The SMILES string of the molecule is O=C(CCCn1c(=S)[nH]c2ccccc2c1=O)N1CCN(c2cccc(C(F)(F)F)c2)CC1. The molecular formula is C23H23F3N4O2S.